The lowest BCUT2D eigenvalue weighted by Crippen LogP contribution is -2.07. The highest BCUT2D eigenvalue weighted by atomic mass is 16.1. The first-order chi connectivity index (χ1) is 10.7. The Morgan fingerprint density at radius 3 is 2.41 bits per heavy atom. The van der Waals surface area contributed by atoms with Crippen LogP contribution in [0.15, 0.2) is 48.9 Å². The van der Waals surface area contributed by atoms with Crippen LogP contribution in [0.2, 0.25) is 0 Å². The molecule has 0 bridgehead atoms. The van der Waals surface area contributed by atoms with Crippen molar-refractivity contribution in [2.75, 3.05) is 5.32 Å². The minimum absolute atomic E-state index is 0.113. The average molecular weight is 292 g/mol. The first kappa shape index (κ1) is 14.1. The fourth-order valence-corrected chi connectivity index (χ4v) is 2.28. The van der Waals surface area contributed by atoms with Crippen molar-refractivity contribution in [3.63, 3.8) is 0 Å². The van der Waals surface area contributed by atoms with Gasteiger partial charge in [-0.3, -0.25) is 14.8 Å². The van der Waals surface area contributed by atoms with Crippen molar-refractivity contribution in [3.8, 4) is 0 Å². The molecule has 3 aromatic rings. The Kier molecular flexibility index (Phi) is 4.05. The number of aromatic nitrogens is 3. The van der Waals surface area contributed by atoms with Crippen LogP contribution in [-0.2, 0) is 17.6 Å². The van der Waals surface area contributed by atoms with E-state index in [1.807, 2.05) is 18.2 Å². The summed E-state index contributed by atoms with van der Waals surface area (Å²) >= 11 is 0. The summed E-state index contributed by atoms with van der Waals surface area (Å²) in [5.41, 5.74) is 4.18. The molecule has 5 nitrogen and oxygen atoms in total. The largest absolute Gasteiger partial charge is 0.311 e. The molecule has 1 N–H and O–H groups in total. The molecule has 5 heteroatoms. The van der Waals surface area contributed by atoms with Crippen LogP contribution in [0.25, 0.3) is 11.0 Å². The zero-order valence-electron chi connectivity index (χ0n) is 12.3. The van der Waals surface area contributed by atoms with Crippen molar-refractivity contribution in [2.45, 2.75) is 19.8 Å². The highest BCUT2D eigenvalue weighted by Crippen LogP contribution is 2.14. The van der Waals surface area contributed by atoms with Gasteiger partial charge in [-0.2, -0.15) is 0 Å². The average Bonchev–Trinajstić information content (AvgIpc) is 2.53. The molecular formula is C17H16N4O. The van der Waals surface area contributed by atoms with Gasteiger partial charge in [-0.15, -0.1) is 0 Å². The van der Waals surface area contributed by atoms with E-state index in [0.29, 0.717) is 5.82 Å². The third-order valence-corrected chi connectivity index (χ3v) is 3.36. The molecule has 0 saturated heterocycles. The van der Waals surface area contributed by atoms with Gasteiger partial charge in [0.25, 0.3) is 0 Å². The van der Waals surface area contributed by atoms with E-state index in [2.05, 4.69) is 32.4 Å². The molecule has 1 amide bonds. The Labute approximate surface area is 128 Å². The predicted molar refractivity (Wildman–Crippen MR) is 85.5 cm³/mol. The molecule has 0 aliphatic heterocycles. The molecule has 0 aliphatic rings. The summed E-state index contributed by atoms with van der Waals surface area (Å²) in [6.45, 7) is 1.47. The van der Waals surface area contributed by atoms with Crippen LogP contribution in [0.5, 0.6) is 0 Å². The number of aryl methyl sites for hydroxylation is 2. The Balaban J connectivity index is 1.67. The standard InChI is InChI=1S/C17H16N4O/c1-12(22)21-17-7-5-14(11-20-17)3-2-13-4-6-15-16(10-13)19-9-8-18-15/h4-11H,2-3H2,1H3,(H,20,21,22). The van der Waals surface area contributed by atoms with Crippen LogP contribution in [-0.4, -0.2) is 20.9 Å². The van der Waals surface area contributed by atoms with E-state index in [-0.39, 0.29) is 5.91 Å². The summed E-state index contributed by atoms with van der Waals surface area (Å²) in [4.78, 5) is 23.8. The van der Waals surface area contributed by atoms with Crippen molar-refractivity contribution >= 4 is 22.8 Å². The Hall–Kier alpha value is -2.82. The zero-order valence-corrected chi connectivity index (χ0v) is 12.3. The Morgan fingerprint density at radius 2 is 1.68 bits per heavy atom. The van der Waals surface area contributed by atoms with E-state index in [0.717, 1.165) is 29.4 Å². The second-order valence-corrected chi connectivity index (χ2v) is 5.11. The maximum atomic E-state index is 11.0. The molecule has 2 aromatic heterocycles. The smallest absolute Gasteiger partial charge is 0.222 e. The maximum Gasteiger partial charge on any atom is 0.222 e. The quantitative estimate of drug-likeness (QED) is 0.803. The van der Waals surface area contributed by atoms with Gasteiger partial charge >= 0.3 is 0 Å². The van der Waals surface area contributed by atoms with Gasteiger partial charge in [0.2, 0.25) is 5.91 Å². The number of hydrogen-bond acceptors (Lipinski definition) is 4. The Bertz CT molecular complexity index is 799. The van der Waals surface area contributed by atoms with E-state index in [1.54, 1.807) is 18.6 Å². The van der Waals surface area contributed by atoms with E-state index < -0.39 is 0 Å². The summed E-state index contributed by atoms with van der Waals surface area (Å²) in [5, 5.41) is 2.66. The summed E-state index contributed by atoms with van der Waals surface area (Å²) in [7, 11) is 0. The lowest BCUT2D eigenvalue weighted by atomic mass is 10.1. The van der Waals surface area contributed by atoms with Gasteiger partial charge in [-0.05, 0) is 42.2 Å². The van der Waals surface area contributed by atoms with E-state index in [1.165, 1.54) is 12.5 Å². The number of anilines is 1. The van der Waals surface area contributed by atoms with Crippen LogP contribution < -0.4 is 5.32 Å². The number of amides is 1. The number of carbonyl (C=O) groups excluding carboxylic acids is 1. The van der Waals surface area contributed by atoms with Crippen LogP contribution in [0, 0.1) is 0 Å². The molecule has 0 unspecified atom stereocenters. The number of hydrogen-bond donors (Lipinski definition) is 1. The first-order valence-corrected chi connectivity index (χ1v) is 7.13. The number of carbonyl (C=O) groups is 1. The third-order valence-electron chi connectivity index (χ3n) is 3.36. The number of fused-ring (bicyclic) bond motifs is 1. The van der Waals surface area contributed by atoms with Gasteiger partial charge in [0, 0.05) is 25.5 Å². The van der Waals surface area contributed by atoms with Gasteiger partial charge in [0.05, 0.1) is 11.0 Å². The fraction of sp³-hybridized carbons (Fsp3) is 0.176. The summed E-state index contributed by atoms with van der Waals surface area (Å²) in [6, 6.07) is 9.95. The molecule has 1 aromatic carbocycles. The van der Waals surface area contributed by atoms with Crippen molar-refractivity contribution in [3.05, 3.63) is 60.0 Å². The van der Waals surface area contributed by atoms with Gasteiger partial charge in [-0.1, -0.05) is 12.1 Å². The Morgan fingerprint density at radius 1 is 0.955 bits per heavy atom. The van der Waals surface area contributed by atoms with Crippen LogP contribution >= 0.6 is 0 Å². The van der Waals surface area contributed by atoms with Gasteiger partial charge in [0.1, 0.15) is 5.82 Å². The topological polar surface area (TPSA) is 67.8 Å². The zero-order chi connectivity index (χ0) is 15.4. The normalized spacial score (nSPS) is 10.6. The molecule has 0 radical (unpaired) electrons. The third kappa shape index (κ3) is 3.44. The summed E-state index contributed by atoms with van der Waals surface area (Å²) in [5.74, 6) is 0.467. The number of rotatable bonds is 4. The van der Waals surface area contributed by atoms with Crippen LogP contribution in [0.1, 0.15) is 18.1 Å². The number of nitrogens with zero attached hydrogens (tertiary/aromatic N) is 3. The number of benzene rings is 1. The molecule has 0 fully saturated rings. The monoisotopic (exact) mass is 292 g/mol. The van der Waals surface area contributed by atoms with Crippen molar-refractivity contribution < 1.29 is 4.79 Å². The van der Waals surface area contributed by atoms with E-state index >= 15 is 0 Å². The predicted octanol–water partition coefficient (Wildman–Crippen LogP) is 2.77. The summed E-state index contributed by atoms with van der Waals surface area (Å²) in [6.07, 6.45) is 7.00. The number of nitrogens with one attached hydrogen (secondary N) is 1. The summed E-state index contributed by atoms with van der Waals surface area (Å²) < 4.78 is 0. The lowest BCUT2D eigenvalue weighted by Gasteiger charge is -2.05. The van der Waals surface area contributed by atoms with Crippen molar-refractivity contribution in [2.24, 2.45) is 0 Å². The molecule has 0 saturated carbocycles. The second kappa shape index (κ2) is 6.30. The van der Waals surface area contributed by atoms with E-state index in [4.69, 9.17) is 0 Å². The molecule has 22 heavy (non-hydrogen) atoms. The molecule has 2 heterocycles. The van der Waals surface area contributed by atoms with Crippen molar-refractivity contribution in [1.29, 1.82) is 0 Å². The number of pyridine rings is 1. The molecule has 0 aliphatic carbocycles. The minimum atomic E-state index is -0.113. The van der Waals surface area contributed by atoms with Crippen LogP contribution in [0.4, 0.5) is 5.82 Å². The molecular weight excluding hydrogens is 276 g/mol. The van der Waals surface area contributed by atoms with E-state index in [9.17, 15) is 4.79 Å². The molecule has 3 rings (SSSR count). The van der Waals surface area contributed by atoms with Crippen molar-refractivity contribution in [1.82, 2.24) is 15.0 Å². The molecule has 0 spiro atoms. The highest BCUT2D eigenvalue weighted by Gasteiger charge is 2.01. The molecule has 0 atom stereocenters. The van der Waals surface area contributed by atoms with Crippen LogP contribution in [0.3, 0.4) is 0 Å². The second-order valence-electron chi connectivity index (χ2n) is 5.11. The van der Waals surface area contributed by atoms with Gasteiger partial charge in [0.15, 0.2) is 0 Å². The SMILES string of the molecule is CC(=O)Nc1ccc(CCc2ccc3nccnc3c2)cn1. The van der Waals surface area contributed by atoms with Gasteiger partial charge < -0.3 is 5.32 Å². The lowest BCUT2D eigenvalue weighted by molar-refractivity contribution is -0.114. The highest BCUT2D eigenvalue weighted by molar-refractivity contribution is 5.87. The first-order valence-electron chi connectivity index (χ1n) is 7.13. The van der Waals surface area contributed by atoms with Gasteiger partial charge in [-0.25, -0.2) is 4.98 Å². The minimum Gasteiger partial charge on any atom is -0.311 e. The molecule has 110 valence electrons. The fourth-order valence-electron chi connectivity index (χ4n) is 2.28. The maximum absolute atomic E-state index is 11.0.